The summed E-state index contributed by atoms with van der Waals surface area (Å²) in [5.74, 6) is -1.28. The molecule has 0 aliphatic heterocycles. The third kappa shape index (κ3) is 2.39. The van der Waals surface area contributed by atoms with Gasteiger partial charge in [-0.1, -0.05) is 18.2 Å². The van der Waals surface area contributed by atoms with Crippen LogP contribution in [0.5, 0.6) is 0 Å². The van der Waals surface area contributed by atoms with Crippen molar-refractivity contribution < 1.29 is 14.7 Å². The van der Waals surface area contributed by atoms with Crippen LogP contribution < -0.4 is 0 Å². The highest BCUT2D eigenvalue weighted by molar-refractivity contribution is 5.97. The number of carbonyl (C=O) groups excluding carboxylic acids is 1. The van der Waals surface area contributed by atoms with Crippen molar-refractivity contribution in [1.29, 1.82) is 0 Å². The molecule has 4 heteroatoms. The summed E-state index contributed by atoms with van der Waals surface area (Å²) in [5, 5.41) is 8.82. The Morgan fingerprint density at radius 1 is 1.31 bits per heavy atom. The maximum Gasteiger partial charge on any atom is 0.326 e. The molecule has 1 N–H and O–H groups in total. The van der Waals surface area contributed by atoms with Gasteiger partial charge in [0.05, 0.1) is 0 Å². The molecule has 1 amide bonds. The van der Waals surface area contributed by atoms with Gasteiger partial charge in [-0.25, -0.2) is 4.79 Å². The zero-order chi connectivity index (χ0) is 12.3. The van der Waals surface area contributed by atoms with Gasteiger partial charge in [0.25, 0.3) is 5.91 Å². The van der Waals surface area contributed by atoms with Crippen LogP contribution in [0.25, 0.3) is 0 Å². The third-order valence-electron chi connectivity index (χ3n) is 2.63. The molecule has 1 aromatic rings. The Bertz CT molecular complexity index is 414. The number of aryl methyl sites for hydroxylation is 1. The number of amides is 1. The number of aliphatic carboxylic acids is 1. The minimum Gasteiger partial charge on any atom is -0.480 e. The number of carboxylic acids is 1. The molecule has 1 rings (SSSR count). The van der Waals surface area contributed by atoms with E-state index < -0.39 is 12.0 Å². The van der Waals surface area contributed by atoms with Crippen molar-refractivity contribution in [3.63, 3.8) is 0 Å². The largest absolute Gasteiger partial charge is 0.480 e. The average Bonchev–Trinajstić information content (AvgIpc) is 2.26. The number of carbonyl (C=O) groups is 2. The number of rotatable bonds is 3. The first-order valence-electron chi connectivity index (χ1n) is 5.00. The van der Waals surface area contributed by atoms with Crippen molar-refractivity contribution >= 4 is 11.9 Å². The normalized spacial score (nSPS) is 11.9. The molecule has 0 aliphatic rings. The van der Waals surface area contributed by atoms with Crippen molar-refractivity contribution in [2.75, 3.05) is 7.05 Å². The molecule has 4 nitrogen and oxygen atoms in total. The SMILES string of the molecule is Cc1ccccc1C(=O)N(C)C(C)C(=O)O. The van der Waals surface area contributed by atoms with Gasteiger partial charge in [-0.3, -0.25) is 4.79 Å². The predicted molar refractivity (Wildman–Crippen MR) is 60.4 cm³/mol. The van der Waals surface area contributed by atoms with Crippen LogP contribution in [0.4, 0.5) is 0 Å². The van der Waals surface area contributed by atoms with E-state index in [-0.39, 0.29) is 5.91 Å². The van der Waals surface area contributed by atoms with Crippen LogP contribution in [-0.4, -0.2) is 35.0 Å². The van der Waals surface area contributed by atoms with E-state index in [4.69, 9.17) is 5.11 Å². The molecule has 0 radical (unpaired) electrons. The molecule has 0 saturated carbocycles. The minimum atomic E-state index is -1.01. The highest BCUT2D eigenvalue weighted by Gasteiger charge is 2.23. The summed E-state index contributed by atoms with van der Waals surface area (Å²) in [4.78, 5) is 24.0. The average molecular weight is 221 g/mol. The van der Waals surface area contributed by atoms with E-state index in [9.17, 15) is 9.59 Å². The van der Waals surface area contributed by atoms with E-state index in [0.717, 1.165) is 5.56 Å². The van der Waals surface area contributed by atoms with Crippen LogP contribution in [0.15, 0.2) is 24.3 Å². The van der Waals surface area contributed by atoms with Gasteiger partial charge in [-0.05, 0) is 25.5 Å². The predicted octanol–water partition coefficient (Wildman–Crippen LogP) is 1.54. The molecular formula is C12H15NO3. The highest BCUT2D eigenvalue weighted by atomic mass is 16.4. The first-order valence-corrected chi connectivity index (χ1v) is 5.00. The summed E-state index contributed by atoms with van der Waals surface area (Å²) in [7, 11) is 1.49. The van der Waals surface area contributed by atoms with Gasteiger partial charge in [0.2, 0.25) is 0 Å². The van der Waals surface area contributed by atoms with E-state index in [0.29, 0.717) is 5.56 Å². The molecule has 0 aliphatic carbocycles. The fourth-order valence-electron chi connectivity index (χ4n) is 1.34. The smallest absolute Gasteiger partial charge is 0.326 e. The number of likely N-dealkylation sites (N-methyl/N-ethyl adjacent to an activating group) is 1. The van der Waals surface area contributed by atoms with Gasteiger partial charge >= 0.3 is 5.97 Å². The maximum absolute atomic E-state index is 12.0. The van der Waals surface area contributed by atoms with Crippen molar-refractivity contribution in [1.82, 2.24) is 4.90 Å². The lowest BCUT2D eigenvalue weighted by Gasteiger charge is -2.22. The Morgan fingerprint density at radius 2 is 1.88 bits per heavy atom. The second kappa shape index (κ2) is 4.79. The first-order chi connectivity index (χ1) is 7.45. The van der Waals surface area contributed by atoms with Gasteiger partial charge in [0.1, 0.15) is 6.04 Å². The summed E-state index contributed by atoms with van der Waals surface area (Å²) in [6, 6.07) is 6.30. The number of benzene rings is 1. The molecule has 0 heterocycles. The first kappa shape index (κ1) is 12.2. The van der Waals surface area contributed by atoms with Gasteiger partial charge in [-0.2, -0.15) is 0 Å². The number of carboxylic acid groups (broad SMARTS) is 1. The standard InChI is InChI=1S/C12H15NO3/c1-8-6-4-5-7-10(8)11(14)13(3)9(2)12(15)16/h4-7,9H,1-3H3,(H,15,16). The Labute approximate surface area is 94.5 Å². The molecule has 16 heavy (non-hydrogen) atoms. The van der Waals surface area contributed by atoms with Crippen LogP contribution >= 0.6 is 0 Å². The van der Waals surface area contributed by atoms with E-state index in [1.807, 2.05) is 19.1 Å². The van der Waals surface area contributed by atoms with Gasteiger partial charge in [0, 0.05) is 12.6 Å². The van der Waals surface area contributed by atoms with E-state index in [2.05, 4.69) is 0 Å². The van der Waals surface area contributed by atoms with Gasteiger partial charge in [0.15, 0.2) is 0 Å². The lowest BCUT2D eigenvalue weighted by atomic mass is 10.1. The van der Waals surface area contributed by atoms with Crippen molar-refractivity contribution in [3.05, 3.63) is 35.4 Å². The monoisotopic (exact) mass is 221 g/mol. The second-order valence-corrected chi connectivity index (χ2v) is 3.75. The maximum atomic E-state index is 12.0. The quantitative estimate of drug-likeness (QED) is 0.842. The fraction of sp³-hybridized carbons (Fsp3) is 0.333. The summed E-state index contributed by atoms with van der Waals surface area (Å²) in [6.07, 6.45) is 0. The summed E-state index contributed by atoms with van der Waals surface area (Å²) in [6.45, 7) is 3.31. The molecule has 0 aromatic heterocycles. The van der Waals surface area contributed by atoms with Crippen molar-refractivity contribution in [2.24, 2.45) is 0 Å². The van der Waals surface area contributed by atoms with E-state index >= 15 is 0 Å². The van der Waals surface area contributed by atoms with Crippen molar-refractivity contribution in [3.8, 4) is 0 Å². The van der Waals surface area contributed by atoms with Crippen LogP contribution in [0.3, 0.4) is 0 Å². The topological polar surface area (TPSA) is 57.6 Å². The zero-order valence-electron chi connectivity index (χ0n) is 9.60. The van der Waals surface area contributed by atoms with E-state index in [1.54, 1.807) is 12.1 Å². The van der Waals surface area contributed by atoms with Crippen LogP contribution in [0.1, 0.15) is 22.8 Å². The number of hydrogen-bond donors (Lipinski definition) is 1. The van der Waals surface area contributed by atoms with Gasteiger partial charge in [-0.15, -0.1) is 0 Å². The zero-order valence-corrected chi connectivity index (χ0v) is 9.60. The molecule has 1 atom stereocenters. The molecule has 0 bridgehead atoms. The van der Waals surface area contributed by atoms with Crippen LogP contribution in [-0.2, 0) is 4.79 Å². The lowest BCUT2D eigenvalue weighted by molar-refractivity contribution is -0.141. The summed E-state index contributed by atoms with van der Waals surface area (Å²) < 4.78 is 0. The molecule has 1 aromatic carbocycles. The fourth-order valence-corrected chi connectivity index (χ4v) is 1.34. The van der Waals surface area contributed by atoms with Crippen LogP contribution in [0.2, 0.25) is 0 Å². The third-order valence-corrected chi connectivity index (χ3v) is 2.63. The summed E-state index contributed by atoms with van der Waals surface area (Å²) >= 11 is 0. The Kier molecular flexibility index (Phi) is 3.66. The second-order valence-electron chi connectivity index (χ2n) is 3.75. The molecule has 86 valence electrons. The molecular weight excluding hydrogens is 206 g/mol. The number of nitrogens with zero attached hydrogens (tertiary/aromatic N) is 1. The molecule has 0 saturated heterocycles. The Hall–Kier alpha value is -1.84. The minimum absolute atomic E-state index is 0.270. The van der Waals surface area contributed by atoms with Crippen LogP contribution in [0, 0.1) is 6.92 Å². The van der Waals surface area contributed by atoms with E-state index in [1.165, 1.54) is 18.9 Å². The Balaban J connectivity index is 2.95. The molecule has 0 spiro atoms. The van der Waals surface area contributed by atoms with Gasteiger partial charge < -0.3 is 10.0 Å². The highest BCUT2D eigenvalue weighted by Crippen LogP contribution is 2.11. The lowest BCUT2D eigenvalue weighted by Crippen LogP contribution is -2.40. The molecule has 1 unspecified atom stereocenters. The number of hydrogen-bond acceptors (Lipinski definition) is 2. The summed E-state index contributed by atoms with van der Waals surface area (Å²) in [5.41, 5.74) is 1.38. The van der Waals surface area contributed by atoms with Crippen molar-refractivity contribution in [2.45, 2.75) is 19.9 Å². The molecule has 0 fully saturated rings. The Morgan fingerprint density at radius 3 is 2.38 bits per heavy atom.